The molecule has 1 nitrogen and oxygen atoms in total. The zero-order valence-electron chi connectivity index (χ0n) is 9.25. The van der Waals surface area contributed by atoms with Crippen LogP contribution in [0, 0.1) is 11.8 Å². The average molecular weight is 192 g/mol. The first-order chi connectivity index (χ1) is 6.62. The number of allylic oxidation sites excluding steroid dienone is 1. The molecule has 0 aromatic heterocycles. The highest BCUT2D eigenvalue weighted by molar-refractivity contribution is 5.18. The molecule has 0 radical (unpaired) electrons. The largest absolute Gasteiger partial charge is 0.364 e. The predicted molar refractivity (Wildman–Crippen MR) is 57.1 cm³/mol. The molecule has 0 aromatic carbocycles. The van der Waals surface area contributed by atoms with E-state index < -0.39 is 0 Å². The second kappa shape index (κ2) is 2.63. The first-order valence-corrected chi connectivity index (χ1v) is 6.00. The molecule has 1 spiro atoms. The third kappa shape index (κ3) is 1.05. The summed E-state index contributed by atoms with van der Waals surface area (Å²) in [5.74, 6) is 1.60. The van der Waals surface area contributed by atoms with Crippen molar-refractivity contribution in [3.63, 3.8) is 0 Å². The standard InChI is InChI=1S/C13H20O/c1-12(2)11-7-6-10-5-3-4-8-13(10,9-11)14-12/h4,8,10-11H,3,5-7,9H2,1-2H3. The molecule has 1 saturated heterocycles. The van der Waals surface area contributed by atoms with Gasteiger partial charge in [0.25, 0.3) is 0 Å². The summed E-state index contributed by atoms with van der Waals surface area (Å²) in [5.41, 5.74) is 0.265. The van der Waals surface area contributed by atoms with E-state index in [0.29, 0.717) is 0 Å². The minimum absolute atomic E-state index is 0.121. The maximum atomic E-state index is 6.38. The highest BCUT2D eigenvalue weighted by atomic mass is 16.5. The minimum atomic E-state index is 0.121. The summed E-state index contributed by atoms with van der Waals surface area (Å²) < 4.78 is 6.38. The zero-order chi connectivity index (χ0) is 9.81. The van der Waals surface area contributed by atoms with Gasteiger partial charge in [-0.1, -0.05) is 12.2 Å². The van der Waals surface area contributed by atoms with E-state index in [4.69, 9.17) is 4.74 Å². The zero-order valence-corrected chi connectivity index (χ0v) is 9.25. The fraction of sp³-hybridized carbons (Fsp3) is 0.846. The summed E-state index contributed by atoms with van der Waals surface area (Å²) in [6.45, 7) is 4.55. The van der Waals surface area contributed by atoms with Gasteiger partial charge in [-0.3, -0.25) is 0 Å². The fourth-order valence-corrected chi connectivity index (χ4v) is 3.80. The Balaban J connectivity index is 1.99. The van der Waals surface area contributed by atoms with Gasteiger partial charge in [0.2, 0.25) is 0 Å². The van der Waals surface area contributed by atoms with Crippen LogP contribution >= 0.6 is 0 Å². The molecule has 2 bridgehead atoms. The van der Waals surface area contributed by atoms with Crippen LogP contribution < -0.4 is 0 Å². The van der Waals surface area contributed by atoms with Crippen molar-refractivity contribution in [2.24, 2.45) is 11.8 Å². The quantitative estimate of drug-likeness (QED) is 0.535. The molecule has 0 N–H and O–H groups in total. The van der Waals surface area contributed by atoms with Gasteiger partial charge in [-0.2, -0.15) is 0 Å². The minimum Gasteiger partial charge on any atom is -0.364 e. The molecule has 1 heteroatoms. The lowest BCUT2D eigenvalue weighted by molar-refractivity contribution is -0.0891. The number of hydrogen-bond donors (Lipinski definition) is 0. The Morgan fingerprint density at radius 1 is 1.14 bits per heavy atom. The molecule has 1 heterocycles. The van der Waals surface area contributed by atoms with Crippen molar-refractivity contribution < 1.29 is 4.74 Å². The molecule has 0 aromatic rings. The van der Waals surface area contributed by atoms with Gasteiger partial charge < -0.3 is 4.74 Å². The molecule has 14 heavy (non-hydrogen) atoms. The van der Waals surface area contributed by atoms with Gasteiger partial charge in [-0.15, -0.1) is 0 Å². The number of fused-ring (bicyclic) bond motifs is 1. The van der Waals surface area contributed by atoms with E-state index in [1.807, 2.05) is 0 Å². The molecule has 3 rings (SSSR count). The van der Waals surface area contributed by atoms with E-state index in [-0.39, 0.29) is 11.2 Å². The van der Waals surface area contributed by atoms with Crippen LogP contribution in [-0.4, -0.2) is 11.2 Å². The van der Waals surface area contributed by atoms with Gasteiger partial charge in [0.1, 0.15) is 0 Å². The summed E-state index contributed by atoms with van der Waals surface area (Å²) in [5, 5.41) is 0. The lowest BCUT2D eigenvalue weighted by Crippen LogP contribution is -2.39. The van der Waals surface area contributed by atoms with Crippen LogP contribution in [0.25, 0.3) is 0 Å². The second-order valence-corrected chi connectivity index (χ2v) is 5.82. The average Bonchev–Trinajstić information content (AvgIpc) is 2.33. The normalized spacial score (nSPS) is 49.0. The Kier molecular flexibility index (Phi) is 1.69. The van der Waals surface area contributed by atoms with Gasteiger partial charge in [0.15, 0.2) is 0 Å². The van der Waals surface area contributed by atoms with Gasteiger partial charge in [-0.25, -0.2) is 0 Å². The van der Waals surface area contributed by atoms with E-state index in [1.165, 1.54) is 32.1 Å². The maximum absolute atomic E-state index is 6.38. The summed E-state index contributed by atoms with van der Waals surface area (Å²) in [6, 6.07) is 0. The molecule has 3 unspecified atom stereocenters. The molecule has 3 atom stereocenters. The van der Waals surface area contributed by atoms with E-state index >= 15 is 0 Å². The van der Waals surface area contributed by atoms with E-state index in [0.717, 1.165) is 11.8 Å². The first-order valence-electron chi connectivity index (χ1n) is 6.00. The molecule has 2 aliphatic carbocycles. The Morgan fingerprint density at radius 3 is 2.79 bits per heavy atom. The third-order valence-corrected chi connectivity index (χ3v) is 4.64. The smallest absolute Gasteiger partial charge is 0.0901 e. The van der Waals surface area contributed by atoms with Crippen molar-refractivity contribution in [2.45, 2.75) is 57.2 Å². The summed E-state index contributed by atoms with van der Waals surface area (Å²) in [6.07, 6.45) is 11.4. The van der Waals surface area contributed by atoms with Crippen LogP contribution in [0.15, 0.2) is 12.2 Å². The lowest BCUT2D eigenvalue weighted by Gasteiger charge is -2.39. The molecule has 1 saturated carbocycles. The third-order valence-electron chi connectivity index (χ3n) is 4.64. The van der Waals surface area contributed by atoms with Crippen molar-refractivity contribution in [3.8, 4) is 0 Å². The molecule has 78 valence electrons. The Bertz CT molecular complexity index is 279. The number of ether oxygens (including phenoxy) is 1. The van der Waals surface area contributed by atoms with Crippen LogP contribution in [-0.2, 0) is 4.74 Å². The summed E-state index contributed by atoms with van der Waals surface area (Å²) >= 11 is 0. The van der Waals surface area contributed by atoms with Crippen LogP contribution in [0.2, 0.25) is 0 Å². The van der Waals surface area contributed by atoms with Crippen molar-refractivity contribution in [3.05, 3.63) is 12.2 Å². The summed E-state index contributed by atoms with van der Waals surface area (Å²) in [4.78, 5) is 0. The monoisotopic (exact) mass is 192 g/mol. The van der Waals surface area contributed by atoms with Gasteiger partial charge in [0, 0.05) is 0 Å². The van der Waals surface area contributed by atoms with Crippen LogP contribution in [0.5, 0.6) is 0 Å². The molecule has 1 aliphatic heterocycles. The molecular weight excluding hydrogens is 172 g/mol. The molecule has 3 aliphatic rings. The second-order valence-electron chi connectivity index (χ2n) is 5.82. The molecule has 0 amide bonds. The maximum Gasteiger partial charge on any atom is 0.0901 e. The lowest BCUT2D eigenvalue weighted by atomic mass is 9.67. The van der Waals surface area contributed by atoms with E-state index in [1.54, 1.807) is 0 Å². The van der Waals surface area contributed by atoms with Crippen LogP contribution in [0.4, 0.5) is 0 Å². The summed E-state index contributed by atoms with van der Waals surface area (Å²) in [7, 11) is 0. The van der Waals surface area contributed by atoms with Crippen molar-refractivity contribution in [2.75, 3.05) is 0 Å². The SMILES string of the molecule is CC1(C)OC23C=CCCC2CCC1C3. The highest BCUT2D eigenvalue weighted by Crippen LogP contribution is 2.56. The highest BCUT2D eigenvalue weighted by Gasteiger charge is 2.56. The first kappa shape index (κ1) is 8.96. The van der Waals surface area contributed by atoms with Crippen molar-refractivity contribution in [1.82, 2.24) is 0 Å². The van der Waals surface area contributed by atoms with Crippen molar-refractivity contribution in [1.29, 1.82) is 0 Å². The van der Waals surface area contributed by atoms with Crippen LogP contribution in [0.3, 0.4) is 0 Å². The Labute approximate surface area is 86.5 Å². The number of hydrogen-bond acceptors (Lipinski definition) is 1. The van der Waals surface area contributed by atoms with Gasteiger partial charge >= 0.3 is 0 Å². The van der Waals surface area contributed by atoms with Crippen LogP contribution in [0.1, 0.15) is 46.0 Å². The molecular formula is C13H20O. The Hall–Kier alpha value is -0.300. The number of rotatable bonds is 0. The topological polar surface area (TPSA) is 9.23 Å². The Morgan fingerprint density at radius 2 is 1.93 bits per heavy atom. The van der Waals surface area contributed by atoms with Gasteiger partial charge in [-0.05, 0) is 57.8 Å². The predicted octanol–water partition coefficient (Wildman–Crippen LogP) is 3.30. The fourth-order valence-electron chi connectivity index (χ4n) is 3.80. The van der Waals surface area contributed by atoms with E-state index in [2.05, 4.69) is 26.0 Å². The van der Waals surface area contributed by atoms with Gasteiger partial charge in [0.05, 0.1) is 11.2 Å². The van der Waals surface area contributed by atoms with E-state index in [9.17, 15) is 0 Å². The van der Waals surface area contributed by atoms with Crippen molar-refractivity contribution >= 4 is 0 Å². The molecule has 2 fully saturated rings.